The maximum Gasteiger partial charge on any atom is 0.330 e. The Morgan fingerprint density at radius 3 is 1.00 bits per heavy atom. The Labute approximate surface area is 226 Å². The fraction of sp³-hybridized carbons (Fsp3) is 0.733. The highest BCUT2D eigenvalue weighted by Crippen LogP contribution is 2.33. The van der Waals surface area contributed by atoms with Crippen LogP contribution in [0.2, 0.25) is 0 Å². The molecule has 0 aromatic heterocycles. The van der Waals surface area contributed by atoms with Crippen molar-refractivity contribution >= 4 is 23.9 Å². The van der Waals surface area contributed by atoms with Crippen LogP contribution in [0.4, 0.5) is 0 Å². The van der Waals surface area contributed by atoms with Crippen LogP contribution in [0.15, 0.2) is 25.3 Å². The van der Waals surface area contributed by atoms with Gasteiger partial charge in [0.25, 0.3) is 0 Å². The molecule has 8 heteroatoms. The standard InChI is InChI=1S/C30H44O8/c1-3-27(31)35-17-21-5-9-23(10-6-21)19-37-29(33)25-13-15-26(16-14-25)30(34)38-20-24-11-7-22(8-12-24)18-36-28(32)4-2/h3-4,21-26H,1-2,5-20H2. The maximum absolute atomic E-state index is 12.6. The average molecular weight is 533 g/mol. The van der Waals surface area contributed by atoms with Gasteiger partial charge >= 0.3 is 23.9 Å². The summed E-state index contributed by atoms with van der Waals surface area (Å²) in [7, 11) is 0. The van der Waals surface area contributed by atoms with E-state index in [0.717, 1.165) is 51.4 Å². The lowest BCUT2D eigenvalue weighted by Crippen LogP contribution is -2.31. The monoisotopic (exact) mass is 532 g/mol. The Bertz CT molecular complexity index is 744. The Balaban J connectivity index is 1.24. The van der Waals surface area contributed by atoms with Gasteiger partial charge in [-0.15, -0.1) is 0 Å². The van der Waals surface area contributed by atoms with Gasteiger partial charge in [0, 0.05) is 12.2 Å². The molecule has 0 unspecified atom stereocenters. The first-order chi connectivity index (χ1) is 18.4. The van der Waals surface area contributed by atoms with Crippen LogP contribution < -0.4 is 0 Å². The second kappa shape index (κ2) is 15.7. The zero-order valence-corrected chi connectivity index (χ0v) is 22.6. The Morgan fingerprint density at radius 2 is 0.737 bits per heavy atom. The van der Waals surface area contributed by atoms with Crippen LogP contribution in [0.25, 0.3) is 0 Å². The summed E-state index contributed by atoms with van der Waals surface area (Å²) >= 11 is 0. The number of ether oxygens (including phenoxy) is 4. The Kier molecular flexibility index (Phi) is 12.4. The molecule has 3 rings (SSSR count). The summed E-state index contributed by atoms with van der Waals surface area (Å²) < 4.78 is 21.6. The van der Waals surface area contributed by atoms with Crippen molar-refractivity contribution in [2.75, 3.05) is 26.4 Å². The Hall–Kier alpha value is -2.64. The normalized spacial score (nSPS) is 29.4. The first-order valence-corrected chi connectivity index (χ1v) is 14.3. The quantitative estimate of drug-likeness (QED) is 0.198. The van der Waals surface area contributed by atoms with Crippen LogP contribution in [0, 0.1) is 35.5 Å². The molecule has 0 saturated heterocycles. The third-order valence-corrected chi connectivity index (χ3v) is 8.51. The Morgan fingerprint density at radius 1 is 0.474 bits per heavy atom. The first-order valence-electron chi connectivity index (χ1n) is 14.3. The van der Waals surface area contributed by atoms with Gasteiger partial charge in [-0.25, -0.2) is 9.59 Å². The van der Waals surface area contributed by atoms with E-state index in [9.17, 15) is 19.2 Å². The molecule has 0 aliphatic heterocycles. The van der Waals surface area contributed by atoms with Crippen molar-refractivity contribution < 1.29 is 38.1 Å². The van der Waals surface area contributed by atoms with Crippen LogP contribution >= 0.6 is 0 Å². The molecule has 0 N–H and O–H groups in total. The molecule has 3 aliphatic carbocycles. The molecule has 212 valence electrons. The lowest BCUT2D eigenvalue weighted by molar-refractivity contribution is -0.157. The van der Waals surface area contributed by atoms with Gasteiger partial charge in [0.15, 0.2) is 0 Å². The van der Waals surface area contributed by atoms with Crippen molar-refractivity contribution in [1.29, 1.82) is 0 Å². The molecule has 0 heterocycles. The average Bonchev–Trinajstić information content (AvgIpc) is 2.97. The van der Waals surface area contributed by atoms with Crippen LogP contribution in [0.3, 0.4) is 0 Å². The van der Waals surface area contributed by atoms with Crippen molar-refractivity contribution in [2.24, 2.45) is 35.5 Å². The minimum absolute atomic E-state index is 0.140. The molecule has 0 aromatic carbocycles. The molecule has 3 fully saturated rings. The molecule has 0 amide bonds. The number of hydrogen-bond acceptors (Lipinski definition) is 8. The van der Waals surface area contributed by atoms with Crippen molar-refractivity contribution in [3.05, 3.63) is 25.3 Å². The number of rotatable bonds is 12. The molecular weight excluding hydrogens is 488 g/mol. The second-order valence-electron chi connectivity index (χ2n) is 11.3. The summed E-state index contributed by atoms with van der Waals surface area (Å²) in [4.78, 5) is 47.7. The van der Waals surface area contributed by atoms with Gasteiger partial charge < -0.3 is 18.9 Å². The lowest BCUT2D eigenvalue weighted by Gasteiger charge is -2.30. The van der Waals surface area contributed by atoms with E-state index >= 15 is 0 Å². The van der Waals surface area contributed by atoms with E-state index in [4.69, 9.17) is 18.9 Å². The van der Waals surface area contributed by atoms with E-state index in [1.807, 2.05) is 0 Å². The smallest absolute Gasteiger partial charge is 0.330 e. The lowest BCUT2D eigenvalue weighted by atomic mass is 9.81. The van der Waals surface area contributed by atoms with Crippen LogP contribution in [-0.2, 0) is 38.1 Å². The van der Waals surface area contributed by atoms with Crippen molar-refractivity contribution in [3.63, 3.8) is 0 Å². The molecule has 3 aliphatic rings. The molecule has 0 spiro atoms. The van der Waals surface area contributed by atoms with Gasteiger partial charge in [-0.1, -0.05) is 13.2 Å². The predicted molar refractivity (Wildman–Crippen MR) is 141 cm³/mol. The minimum atomic E-state index is -0.381. The summed E-state index contributed by atoms with van der Waals surface area (Å²) in [5, 5.41) is 0. The topological polar surface area (TPSA) is 105 Å². The highest BCUT2D eigenvalue weighted by molar-refractivity contribution is 5.81. The molecule has 3 saturated carbocycles. The molecule has 0 atom stereocenters. The predicted octanol–water partition coefficient (Wildman–Crippen LogP) is 4.95. The summed E-state index contributed by atoms with van der Waals surface area (Å²) in [6.45, 7) is 8.56. The van der Waals surface area contributed by atoms with E-state index in [1.54, 1.807) is 0 Å². The van der Waals surface area contributed by atoms with Crippen molar-refractivity contribution in [2.45, 2.75) is 77.0 Å². The number of carbonyl (C=O) groups excluding carboxylic acids is 4. The van der Waals surface area contributed by atoms with E-state index in [-0.39, 0.29) is 35.7 Å². The molecule has 38 heavy (non-hydrogen) atoms. The molecule has 0 bridgehead atoms. The second-order valence-corrected chi connectivity index (χ2v) is 11.3. The minimum Gasteiger partial charge on any atom is -0.465 e. The van der Waals surface area contributed by atoms with Gasteiger partial charge in [-0.05, 0) is 101 Å². The summed E-state index contributed by atoms with van der Waals surface area (Å²) in [6, 6.07) is 0. The van der Waals surface area contributed by atoms with Gasteiger partial charge in [0.2, 0.25) is 0 Å². The molecule has 8 nitrogen and oxygen atoms in total. The van der Waals surface area contributed by atoms with Gasteiger partial charge in [-0.3, -0.25) is 9.59 Å². The van der Waals surface area contributed by atoms with Gasteiger partial charge in [-0.2, -0.15) is 0 Å². The maximum atomic E-state index is 12.6. The number of hydrogen-bond donors (Lipinski definition) is 0. The highest BCUT2D eigenvalue weighted by Gasteiger charge is 2.33. The third kappa shape index (κ3) is 9.91. The summed E-state index contributed by atoms with van der Waals surface area (Å²) in [6.07, 6.45) is 12.7. The van der Waals surface area contributed by atoms with E-state index in [1.165, 1.54) is 12.2 Å². The van der Waals surface area contributed by atoms with Crippen molar-refractivity contribution in [3.8, 4) is 0 Å². The van der Waals surface area contributed by atoms with Gasteiger partial charge in [0.1, 0.15) is 0 Å². The molecule has 0 aromatic rings. The van der Waals surface area contributed by atoms with Crippen LogP contribution in [-0.4, -0.2) is 50.3 Å². The summed E-state index contributed by atoms with van der Waals surface area (Å²) in [5.41, 5.74) is 0. The molecule has 0 radical (unpaired) electrons. The van der Waals surface area contributed by atoms with Crippen LogP contribution in [0.5, 0.6) is 0 Å². The number of esters is 4. The van der Waals surface area contributed by atoms with Gasteiger partial charge in [0.05, 0.1) is 38.3 Å². The molecular formula is C30H44O8. The van der Waals surface area contributed by atoms with E-state index in [0.29, 0.717) is 75.8 Å². The largest absolute Gasteiger partial charge is 0.465 e. The van der Waals surface area contributed by atoms with E-state index < -0.39 is 0 Å². The zero-order valence-electron chi connectivity index (χ0n) is 22.6. The number of carbonyl (C=O) groups is 4. The highest BCUT2D eigenvalue weighted by atomic mass is 16.5. The fourth-order valence-electron chi connectivity index (χ4n) is 5.85. The third-order valence-electron chi connectivity index (χ3n) is 8.51. The summed E-state index contributed by atoms with van der Waals surface area (Å²) in [5.74, 6) is 0.112. The first kappa shape index (κ1) is 29.9. The van der Waals surface area contributed by atoms with Crippen molar-refractivity contribution in [1.82, 2.24) is 0 Å². The zero-order chi connectivity index (χ0) is 27.3. The van der Waals surface area contributed by atoms with Crippen LogP contribution in [0.1, 0.15) is 77.0 Å². The van der Waals surface area contributed by atoms with E-state index in [2.05, 4.69) is 13.2 Å². The SMILES string of the molecule is C=CC(=O)OCC1CCC(COC(=O)C2CCC(C(=O)OCC3CCC(COC(=O)C=C)CC3)CC2)CC1. The fourth-order valence-corrected chi connectivity index (χ4v) is 5.85.